The fourth-order valence-corrected chi connectivity index (χ4v) is 2.43. The van der Waals surface area contributed by atoms with Gasteiger partial charge >= 0.3 is 0 Å². The Morgan fingerprint density at radius 1 is 1.38 bits per heavy atom. The SMILES string of the molecule is O=C(c1cc2c(=O)[nH]ccn2n1)N1CC(c2ncn[nH]2)C1. The number of hydrogen-bond acceptors (Lipinski definition) is 5. The minimum Gasteiger partial charge on any atom is -0.336 e. The first-order chi connectivity index (χ1) is 10.2. The Labute approximate surface area is 117 Å². The van der Waals surface area contributed by atoms with Crippen molar-refractivity contribution in [2.75, 3.05) is 13.1 Å². The second kappa shape index (κ2) is 4.27. The van der Waals surface area contributed by atoms with Crippen LogP contribution in [0, 0.1) is 0 Å². The van der Waals surface area contributed by atoms with Crippen molar-refractivity contribution in [3.05, 3.63) is 46.7 Å². The van der Waals surface area contributed by atoms with E-state index in [0.29, 0.717) is 18.6 Å². The lowest BCUT2D eigenvalue weighted by Gasteiger charge is -2.37. The number of H-pyrrole nitrogens is 2. The van der Waals surface area contributed by atoms with E-state index in [-0.39, 0.29) is 23.1 Å². The van der Waals surface area contributed by atoms with Gasteiger partial charge in [0.25, 0.3) is 11.5 Å². The number of carbonyl (C=O) groups is 1. The number of aromatic nitrogens is 6. The molecule has 106 valence electrons. The number of nitrogens with zero attached hydrogens (tertiary/aromatic N) is 5. The highest BCUT2D eigenvalue weighted by molar-refractivity contribution is 5.94. The molecule has 0 aromatic carbocycles. The van der Waals surface area contributed by atoms with Gasteiger partial charge in [0, 0.05) is 31.5 Å². The van der Waals surface area contributed by atoms with Crippen LogP contribution < -0.4 is 5.56 Å². The lowest BCUT2D eigenvalue weighted by Crippen LogP contribution is -2.49. The summed E-state index contributed by atoms with van der Waals surface area (Å²) in [5.41, 5.74) is 0.350. The van der Waals surface area contributed by atoms with Crippen molar-refractivity contribution < 1.29 is 4.79 Å². The maximum atomic E-state index is 12.3. The molecule has 0 atom stereocenters. The summed E-state index contributed by atoms with van der Waals surface area (Å²) in [7, 11) is 0. The molecular formula is C12H11N7O2. The second-order valence-electron chi connectivity index (χ2n) is 4.93. The average Bonchev–Trinajstić information content (AvgIpc) is 3.05. The number of aromatic amines is 2. The van der Waals surface area contributed by atoms with Gasteiger partial charge < -0.3 is 9.88 Å². The first-order valence-corrected chi connectivity index (χ1v) is 6.44. The van der Waals surface area contributed by atoms with Crippen LogP contribution in [0.15, 0.2) is 29.6 Å². The maximum Gasteiger partial charge on any atom is 0.274 e. The molecule has 0 saturated carbocycles. The fraction of sp³-hybridized carbons (Fsp3) is 0.250. The molecule has 0 spiro atoms. The summed E-state index contributed by atoms with van der Waals surface area (Å²) in [6, 6.07) is 1.50. The van der Waals surface area contributed by atoms with Gasteiger partial charge in [-0.15, -0.1) is 0 Å². The standard InChI is InChI=1S/C12H11N7O2/c20-11-9-3-8(17-19(9)2-1-13-11)12(21)18-4-7(5-18)10-14-6-15-16-10/h1-3,6-7H,4-5H2,(H,13,20)(H,14,15,16). The van der Waals surface area contributed by atoms with Crippen LogP contribution in [0.3, 0.4) is 0 Å². The van der Waals surface area contributed by atoms with E-state index < -0.39 is 0 Å². The Morgan fingerprint density at radius 3 is 2.95 bits per heavy atom. The Bertz CT molecular complexity index is 857. The van der Waals surface area contributed by atoms with Crippen molar-refractivity contribution in [3.63, 3.8) is 0 Å². The largest absolute Gasteiger partial charge is 0.336 e. The van der Waals surface area contributed by atoms with E-state index in [0.717, 1.165) is 5.82 Å². The number of nitrogens with one attached hydrogen (secondary N) is 2. The van der Waals surface area contributed by atoms with Gasteiger partial charge in [0.05, 0.1) is 5.92 Å². The van der Waals surface area contributed by atoms with Gasteiger partial charge in [0.2, 0.25) is 0 Å². The summed E-state index contributed by atoms with van der Waals surface area (Å²) in [4.78, 5) is 32.2. The van der Waals surface area contributed by atoms with Gasteiger partial charge in [-0.3, -0.25) is 14.7 Å². The first-order valence-electron chi connectivity index (χ1n) is 6.44. The van der Waals surface area contributed by atoms with Crippen molar-refractivity contribution in [1.82, 2.24) is 34.7 Å². The van der Waals surface area contributed by atoms with E-state index in [1.807, 2.05) is 0 Å². The Balaban J connectivity index is 1.55. The molecule has 9 nitrogen and oxygen atoms in total. The third-order valence-corrected chi connectivity index (χ3v) is 3.61. The molecule has 1 saturated heterocycles. The lowest BCUT2D eigenvalue weighted by atomic mass is 9.99. The first kappa shape index (κ1) is 11.8. The molecule has 2 N–H and O–H groups in total. The molecule has 0 aliphatic carbocycles. The van der Waals surface area contributed by atoms with Gasteiger partial charge in [0.1, 0.15) is 17.7 Å². The van der Waals surface area contributed by atoms with Gasteiger partial charge in [-0.2, -0.15) is 10.2 Å². The molecule has 3 aromatic heterocycles. The molecule has 3 aromatic rings. The molecule has 21 heavy (non-hydrogen) atoms. The van der Waals surface area contributed by atoms with Crippen molar-refractivity contribution in [1.29, 1.82) is 0 Å². The van der Waals surface area contributed by atoms with Gasteiger partial charge in [-0.1, -0.05) is 0 Å². The molecule has 4 rings (SSSR count). The van der Waals surface area contributed by atoms with E-state index in [2.05, 4.69) is 25.3 Å². The molecule has 1 aliphatic heterocycles. The van der Waals surface area contributed by atoms with Gasteiger partial charge in [-0.25, -0.2) is 9.50 Å². The van der Waals surface area contributed by atoms with Gasteiger partial charge in [0.15, 0.2) is 5.69 Å². The van der Waals surface area contributed by atoms with Crippen molar-refractivity contribution in [2.24, 2.45) is 0 Å². The van der Waals surface area contributed by atoms with Crippen molar-refractivity contribution in [3.8, 4) is 0 Å². The van der Waals surface area contributed by atoms with Crippen LogP contribution in [0.25, 0.3) is 5.52 Å². The van der Waals surface area contributed by atoms with E-state index in [1.54, 1.807) is 11.1 Å². The van der Waals surface area contributed by atoms with Crippen LogP contribution in [0.1, 0.15) is 22.2 Å². The summed E-state index contributed by atoms with van der Waals surface area (Å²) in [5, 5.41) is 10.7. The minimum absolute atomic E-state index is 0.178. The fourth-order valence-electron chi connectivity index (χ4n) is 2.43. The van der Waals surface area contributed by atoms with Crippen LogP contribution in [-0.2, 0) is 0 Å². The Hall–Kier alpha value is -2.97. The molecule has 0 unspecified atom stereocenters. The van der Waals surface area contributed by atoms with Crippen LogP contribution in [0.2, 0.25) is 0 Å². The third kappa shape index (κ3) is 1.82. The molecule has 0 bridgehead atoms. The molecule has 9 heteroatoms. The van der Waals surface area contributed by atoms with E-state index in [1.165, 1.54) is 23.1 Å². The predicted octanol–water partition coefficient (Wildman–Crippen LogP) is -0.620. The lowest BCUT2D eigenvalue weighted by molar-refractivity contribution is 0.0588. The number of hydrogen-bond donors (Lipinski definition) is 2. The third-order valence-electron chi connectivity index (χ3n) is 3.61. The minimum atomic E-state index is -0.271. The molecule has 1 aliphatic rings. The smallest absolute Gasteiger partial charge is 0.274 e. The summed E-state index contributed by atoms with van der Waals surface area (Å²) < 4.78 is 1.40. The van der Waals surface area contributed by atoms with E-state index in [4.69, 9.17) is 0 Å². The molecule has 1 fully saturated rings. The summed E-state index contributed by atoms with van der Waals surface area (Å²) in [5.74, 6) is 0.774. The van der Waals surface area contributed by atoms with E-state index in [9.17, 15) is 9.59 Å². The number of rotatable bonds is 2. The number of fused-ring (bicyclic) bond motifs is 1. The van der Waals surface area contributed by atoms with Crippen LogP contribution >= 0.6 is 0 Å². The molecule has 0 radical (unpaired) electrons. The summed E-state index contributed by atoms with van der Waals surface area (Å²) >= 11 is 0. The molecular weight excluding hydrogens is 274 g/mol. The number of carbonyl (C=O) groups excluding carboxylic acids is 1. The molecule has 1 amide bonds. The highest BCUT2D eigenvalue weighted by Crippen LogP contribution is 2.25. The highest BCUT2D eigenvalue weighted by Gasteiger charge is 2.35. The second-order valence-corrected chi connectivity index (χ2v) is 4.93. The zero-order valence-corrected chi connectivity index (χ0v) is 10.9. The van der Waals surface area contributed by atoms with Crippen LogP contribution in [0.4, 0.5) is 0 Å². The highest BCUT2D eigenvalue weighted by atomic mass is 16.2. The van der Waals surface area contributed by atoms with Crippen LogP contribution in [0.5, 0.6) is 0 Å². The Morgan fingerprint density at radius 2 is 2.24 bits per heavy atom. The topological polar surface area (TPSA) is 112 Å². The van der Waals surface area contributed by atoms with Crippen LogP contribution in [-0.4, -0.2) is 53.7 Å². The summed E-state index contributed by atoms with van der Waals surface area (Å²) in [6.45, 7) is 1.14. The quantitative estimate of drug-likeness (QED) is 0.651. The maximum absolute atomic E-state index is 12.3. The average molecular weight is 285 g/mol. The van der Waals surface area contributed by atoms with Crippen molar-refractivity contribution >= 4 is 11.4 Å². The van der Waals surface area contributed by atoms with Crippen molar-refractivity contribution in [2.45, 2.75) is 5.92 Å². The zero-order valence-electron chi connectivity index (χ0n) is 10.9. The normalized spacial score (nSPS) is 15.3. The Kier molecular flexibility index (Phi) is 2.40. The number of likely N-dealkylation sites (tertiary alicyclic amines) is 1. The van der Waals surface area contributed by atoms with E-state index >= 15 is 0 Å². The number of amides is 1. The summed E-state index contributed by atoms with van der Waals surface area (Å²) in [6.07, 6.45) is 4.54. The predicted molar refractivity (Wildman–Crippen MR) is 70.8 cm³/mol. The zero-order chi connectivity index (χ0) is 14.4. The molecule has 4 heterocycles. The monoisotopic (exact) mass is 285 g/mol. The van der Waals surface area contributed by atoms with Gasteiger partial charge in [-0.05, 0) is 0 Å².